The molecule has 38 heavy (non-hydrogen) atoms. The number of hydrogen-bond donors (Lipinski definition) is 1. The molecule has 4 heterocycles. The average molecular weight is 596 g/mol. The van der Waals surface area contributed by atoms with Gasteiger partial charge in [-0.15, -0.1) is 0 Å². The maximum Gasteiger partial charge on any atom is 0.191 e. The summed E-state index contributed by atoms with van der Waals surface area (Å²) in [5.41, 5.74) is 1.67. The van der Waals surface area contributed by atoms with Crippen LogP contribution in [0.1, 0.15) is 41.0 Å². The van der Waals surface area contributed by atoms with E-state index in [2.05, 4.69) is 5.16 Å². The van der Waals surface area contributed by atoms with Crippen LogP contribution in [0.25, 0.3) is 0 Å². The fraction of sp³-hybridized carbons (Fsp3) is 0.323. The van der Waals surface area contributed by atoms with Gasteiger partial charge in [-0.05, 0) is 41.8 Å². The van der Waals surface area contributed by atoms with Gasteiger partial charge in [0.2, 0.25) is 0 Å². The Kier molecular flexibility index (Phi) is 7.70. The van der Waals surface area contributed by atoms with Crippen molar-refractivity contribution in [2.24, 2.45) is 5.92 Å². The van der Waals surface area contributed by atoms with Gasteiger partial charge in [-0.3, -0.25) is 0 Å². The summed E-state index contributed by atoms with van der Waals surface area (Å²) in [5.74, 6) is 2.25. The molecule has 1 aromatic heterocycles. The lowest BCUT2D eigenvalue weighted by Gasteiger charge is -2.51. The molecule has 1 atom stereocenters. The van der Waals surface area contributed by atoms with Crippen LogP contribution in [0.15, 0.2) is 89.5 Å². The zero-order valence-electron chi connectivity index (χ0n) is 21.4. The van der Waals surface area contributed by atoms with E-state index < -0.39 is 5.60 Å². The standard InChI is InChI=1S/C31H32ClN2O3.BrH/c1-22-18-26(12-13-28(22)32)36-29-21-34(16-14-23(29)15-17-34)20-27-19-30(33-37-27)31(35,24-8-4-2-5-9-24)25-10-6-3-7-11-25;/h2-13,18-19,23,29,35H,14-17,20-21H2,1H3;1H/q+1;/p-1/t23?,29-,34?;/m0./s1. The number of benzene rings is 3. The van der Waals surface area contributed by atoms with Gasteiger partial charge in [0.25, 0.3) is 0 Å². The van der Waals surface area contributed by atoms with Gasteiger partial charge in [-0.25, -0.2) is 0 Å². The molecule has 0 saturated carbocycles. The second-order valence-corrected chi connectivity index (χ2v) is 11.1. The van der Waals surface area contributed by atoms with Crippen molar-refractivity contribution in [2.75, 3.05) is 19.6 Å². The molecule has 4 aromatic rings. The molecule has 0 amide bonds. The smallest absolute Gasteiger partial charge is 0.191 e. The van der Waals surface area contributed by atoms with Crippen LogP contribution in [0.5, 0.6) is 5.75 Å². The number of nitrogens with zero attached hydrogens (tertiary/aromatic N) is 2. The number of ether oxygens (including phenoxy) is 1. The normalized spacial score (nSPS) is 22.6. The second-order valence-electron chi connectivity index (χ2n) is 10.7. The Balaban J connectivity index is 0.00000294. The highest BCUT2D eigenvalue weighted by atomic mass is 79.9. The molecule has 3 aliphatic rings. The summed E-state index contributed by atoms with van der Waals surface area (Å²) < 4.78 is 13.3. The van der Waals surface area contributed by atoms with Gasteiger partial charge >= 0.3 is 0 Å². The molecule has 7 heteroatoms. The fourth-order valence-corrected chi connectivity index (χ4v) is 6.27. The van der Waals surface area contributed by atoms with Crippen LogP contribution >= 0.6 is 11.6 Å². The number of rotatable bonds is 7. The molecule has 0 radical (unpaired) electrons. The van der Waals surface area contributed by atoms with Crippen LogP contribution in [0.2, 0.25) is 5.02 Å². The van der Waals surface area contributed by atoms with Crippen molar-refractivity contribution in [3.63, 3.8) is 0 Å². The van der Waals surface area contributed by atoms with E-state index in [9.17, 15) is 5.11 Å². The average Bonchev–Trinajstić information content (AvgIpc) is 3.40. The van der Waals surface area contributed by atoms with Gasteiger partial charge in [-0.1, -0.05) is 77.4 Å². The molecule has 3 aliphatic heterocycles. The van der Waals surface area contributed by atoms with E-state index >= 15 is 0 Å². The monoisotopic (exact) mass is 594 g/mol. The van der Waals surface area contributed by atoms with Crippen molar-refractivity contribution < 1.29 is 35.8 Å². The molecule has 198 valence electrons. The Morgan fingerprint density at radius 3 is 2.21 bits per heavy atom. The predicted octanol–water partition coefficient (Wildman–Crippen LogP) is 3.11. The summed E-state index contributed by atoms with van der Waals surface area (Å²) in [6.45, 7) is 5.87. The molecular weight excluding hydrogens is 564 g/mol. The number of aryl methyl sites for hydroxylation is 1. The second kappa shape index (κ2) is 10.9. The number of piperidine rings is 3. The molecule has 0 aliphatic carbocycles. The SMILES string of the molecule is Cc1cc(O[C@H]2C[N+]3(Cc4cc(C(O)(c5ccccc5)c5ccccc5)no4)CCC2CC3)ccc1Cl.[Br-]. The maximum atomic E-state index is 12.1. The first-order chi connectivity index (χ1) is 18.0. The van der Waals surface area contributed by atoms with E-state index in [1.165, 1.54) is 0 Å². The van der Waals surface area contributed by atoms with Crippen molar-refractivity contribution in [3.05, 3.63) is 118 Å². The van der Waals surface area contributed by atoms with Gasteiger partial charge < -0.3 is 35.8 Å². The Morgan fingerprint density at radius 2 is 1.61 bits per heavy atom. The van der Waals surface area contributed by atoms with Crippen molar-refractivity contribution in [2.45, 2.75) is 38.0 Å². The van der Waals surface area contributed by atoms with Gasteiger partial charge in [0.05, 0.1) is 13.1 Å². The van der Waals surface area contributed by atoms with Crippen LogP contribution in [0, 0.1) is 12.8 Å². The highest BCUT2D eigenvalue weighted by molar-refractivity contribution is 6.31. The molecular formula is C31H32BrClN2O3. The number of fused-ring (bicyclic) bond motifs is 3. The lowest BCUT2D eigenvalue weighted by molar-refractivity contribution is -0.959. The molecule has 3 fully saturated rings. The summed E-state index contributed by atoms with van der Waals surface area (Å²) in [6.07, 6.45) is 2.43. The molecule has 3 aromatic carbocycles. The Bertz CT molecular complexity index is 1330. The van der Waals surface area contributed by atoms with Crippen molar-refractivity contribution in [1.82, 2.24) is 5.16 Å². The minimum Gasteiger partial charge on any atom is -1.00 e. The topological polar surface area (TPSA) is 55.5 Å². The third-order valence-electron chi connectivity index (χ3n) is 8.26. The number of aliphatic hydroxyl groups is 1. The number of halogens is 2. The van der Waals surface area contributed by atoms with Gasteiger partial charge in [0.1, 0.15) is 24.5 Å². The maximum absolute atomic E-state index is 12.1. The number of hydrogen-bond acceptors (Lipinski definition) is 4. The van der Waals surface area contributed by atoms with E-state index in [1.807, 2.05) is 91.9 Å². The first-order valence-electron chi connectivity index (χ1n) is 13.0. The fourth-order valence-electron chi connectivity index (χ4n) is 6.15. The van der Waals surface area contributed by atoms with Crippen LogP contribution < -0.4 is 21.7 Å². The van der Waals surface area contributed by atoms with Crippen LogP contribution in [-0.4, -0.2) is 40.5 Å². The van der Waals surface area contributed by atoms with Crippen molar-refractivity contribution in [3.8, 4) is 5.75 Å². The highest BCUT2D eigenvalue weighted by Crippen LogP contribution is 2.40. The van der Waals surface area contributed by atoms with Gasteiger partial charge in [0, 0.05) is 29.8 Å². The Morgan fingerprint density at radius 1 is 0.974 bits per heavy atom. The lowest BCUT2D eigenvalue weighted by atomic mass is 9.82. The van der Waals surface area contributed by atoms with Crippen LogP contribution in [0.3, 0.4) is 0 Å². The van der Waals surface area contributed by atoms with Gasteiger partial charge in [0.15, 0.2) is 17.5 Å². The summed E-state index contributed by atoms with van der Waals surface area (Å²) in [4.78, 5) is 0. The third kappa shape index (κ3) is 5.03. The quantitative estimate of drug-likeness (QED) is 0.334. The van der Waals surface area contributed by atoms with E-state index in [0.717, 1.165) is 76.7 Å². The first-order valence-corrected chi connectivity index (χ1v) is 13.4. The number of quaternary nitrogens is 1. The largest absolute Gasteiger partial charge is 1.00 e. The summed E-state index contributed by atoms with van der Waals surface area (Å²) >= 11 is 6.22. The minimum atomic E-state index is -1.39. The molecule has 5 nitrogen and oxygen atoms in total. The molecule has 2 bridgehead atoms. The summed E-state index contributed by atoms with van der Waals surface area (Å²) in [7, 11) is 0. The van der Waals surface area contributed by atoms with Crippen LogP contribution in [-0.2, 0) is 12.1 Å². The molecule has 3 saturated heterocycles. The molecule has 0 spiro atoms. The van der Waals surface area contributed by atoms with Crippen molar-refractivity contribution >= 4 is 11.6 Å². The third-order valence-corrected chi connectivity index (χ3v) is 8.69. The lowest BCUT2D eigenvalue weighted by Crippen LogP contribution is -3.00. The zero-order chi connectivity index (χ0) is 25.5. The van der Waals surface area contributed by atoms with E-state index in [4.69, 9.17) is 20.9 Å². The van der Waals surface area contributed by atoms with E-state index in [1.54, 1.807) is 0 Å². The molecule has 0 unspecified atom stereocenters. The van der Waals surface area contributed by atoms with E-state index in [-0.39, 0.29) is 23.1 Å². The summed E-state index contributed by atoms with van der Waals surface area (Å²) in [6, 6.07) is 27.2. The molecule has 7 rings (SSSR count). The first kappa shape index (κ1) is 26.9. The van der Waals surface area contributed by atoms with E-state index in [0.29, 0.717) is 11.6 Å². The van der Waals surface area contributed by atoms with Gasteiger partial charge in [-0.2, -0.15) is 0 Å². The Hall–Kier alpha value is -2.64. The minimum absolute atomic E-state index is 0. The molecule has 1 N–H and O–H groups in total. The Labute approximate surface area is 239 Å². The predicted molar refractivity (Wildman–Crippen MR) is 143 cm³/mol. The summed E-state index contributed by atoms with van der Waals surface area (Å²) in [5, 5.41) is 17.2. The van der Waals surface area contributed by atoms with Crippen molar-refractivity contribution in [1.29, 1.82) is 0 Å². The highest BCUT2D eigenvalue weighted by Gasteiger charge is 2.48. The zero-order valence-corrected chi connectivity index (χ0v) is 23.7. The van der Waals surface area contributed by atoms with Crippen LogP contribution in [0.4, 0.5) is 0 Å². The number of aromatic nitrogens is 1.